The van der Waals surface area contributed by atoms with E-state index < -0.39 is 20.8 Å². The van der Waals surface area contributed by atoms with Crippen molar-refractivity contribution >= 4 is 17.9 Å². The number of hydrogen-bond donors (Lipinski definition) is 3. The highest BCUT2D eigenvalue weighted by molar-refractivity contribution is 7.92. The van der Waals surface area contributed by atoms with Crippen LogP contribution in [0.3, 0.4) is 0 Å². The zero-order chi connectivity index (χ0) is 9.99. The summed E-state index contributed by atoms with van der Waals surface area (Å²) in [6.07, 6.45) is 0.397. The van der Waals surface area contributed by atoms with Crippen molar-refractivity contribution in [1.82, 2.24) is 4.72 Å². The number of nitrogens with two attached hydrogens (primary N) is 2. The molecule has 0 bridgehead atoms. The van der Waals surface area contributed by atoms with E-state index in [-0.39, 0.29) is 0 Å². The van der Waals surface area contributed by atoms with Crippen LogP contribution in [0.5, 0.6) is 0 Å². The second-order valence-electron chi connectivity index (χ2n) is 2.58. The maximum Gasteiger partial charge on any atom is 0.222 e. The number of rotatable bonds is 4. The molecule has 0 saturated carbocycles. The summed E-state index contributed by atoms with van der Waals surface area (Å²) in [6, 6.07) is -0.782. The van der Waals surface area contributed by atoms with Gasteiger partial charge in [0, 0.05) is 6.04 Å². The molecule has 0 aliphatic rings. The van der Waals surface area contributed by atoms with E-state index in [1.54, 1.807) is 6.92 Å². The fraction of sp³-hybridized carbons (Fsp3) is 1.00. The van der Waals surface area contributed by atoms with Crippen LogP contribution in [0.4, 0.5) is 0 Å². The summed E-state index contributed by atoms with van der Waals surface area (Å²) in [5.74, 6) is 0. The number of hydrogen-bond acceptors (Lipinski definition) is 4. The molecule has 0 saturated heterocycles. The third kappa shape index (κ3) is 1.98. The first-order chi connectivity index (χ1) is 5.29. The highest BCUT2D eigenvalue weighted by Gasteiger charge is 2.38. The van der Waals surface area contributed by atoms with Gasteiger partial charge < -0.3 is 11.5 Å². The molecule has 2 unspecified atom stereocenters. The predicted molar refractivity (Wildman–Crippen MR) is 48.9 cm³/mol. The molecule has 2 atom stereocenters. The summed E-state index contributed by atoms with van der Waals surface area (Å²) in [4.78, 5) is 0. The fourth-order valence-electron chi connectivity index (χ4n) is 0.695. The average Bonchev–Trinajstić information content (AvgIpc) is 2.02. The van der Waals surface area contributed by atoms with Crippen LogP contribution in [0.2, 0.25) is 0 Å². The van der Waals surface area contributed by atoms with Gasteiger partial charge in [0.2, 0.25) is 10.0 Å². The van der Waals surface area contributed by atoms with Gasteiger partial charge in [-0.25, -0.2) is 13.1 Å². The molecule has 7 heteroatoms. The van der Waals surface area contributed by atoms with Gasteiger partial charge in [0.05, 0.1) is 0 Å². The minimum absolute atomic E-state index is 0.397. The van der Waals surface area contributed by atoms with Crippen LogP contribution < -0.4 is 16.2 Å². The first-order valence-electron chi connectivity index (χ1n) is 3.56. The van der Waals surface area contributed by atoms with Crippen LogP contribution in [-0.4, -0.2) is 34.1 Å². The molecule has 0 aromatic carbocycles. The van der Waals surface area contributed by atoms with Crippen LogP contribution in [0.15, 0.2) is 0 Å². The average molecular weight is 191 g/mol. The molecular weight excluding hydrogens is 177 g/mol. The minimum Gasteiger partial charge on any atom is -0.326 e. The molecule has 5 N–H and O–H groups in total. The topological polar surface area (TPSA) is 98.2 Å². The van der Waals surface area contributed by atoms with E-state index in [0.717, 1.165) is 0 Å². The van der Waals surface area contributed by atoms with E-state index in [4.69, 9.17) is 19.3 Å². The Labute approximate surface area is 74.3 Å². The molecule has 12 heavy (non-hydrogen) atoms. The zero-order valence-electron chi connectivity index (χ0n) is 7.24. The summed E-state index contributed by atoms with van der Waals surface area (Å²) in [5, 5.41) is 0. The molecule has 5 nitrogen and oxygen atoms in total. The van der Waals surface area contributed by atoms with Gasteiger partial charge >= 0.3 is 0 Å². The summed E-state index contributed by atoms with van der Waals surface area (Å²) < 4.78 is 22.5. The molecule has 0 aliphatic carbocycles. The summed E-state index contributed by atoms with van der Waals surface area (Å²) in [6.45, 7) is 1.71. The summed E-state index contributed by atoms with van der Waals surface area (Å²) in [5.41, 5.74) is 10.8. The molecule has 0 aliphatic heterocycles. The lowest BCUT2D eigenvalue weighted by Crippen LogP contribution is -2.63. The van der Waals surface area contributed by atoms with E-state index in [1.165, 1.54) is 7.05 Å². The normalized spacial score (nSPS) is 20.0. The Hall–Kier alpha value is -0.105. The standard InChI is InChI=1S/C5H14BN3O2S/c1-3-4(7)5(6,8)12(10,11)9-2/h4,9H,3,7-8H2,1-2H3. The van der Waals surface area contributed by atoms with Gasteiger partial charge in [0.25, 0.3) is 0 Å². The molecule has 0 amide bonds. The van der Waals surface area contributed by atoms with Crippen LogP contribution in [0, 0.1) is 0 Å². The Morgan fingerprint density at radius 2 is 2.08 bits per heavy atom. The molecule has 0 aromatic rings. The lowest BCUT2D eigenvalue weighted by atomic mass is 9.88. The fourth-order valence-corrected chi connectivity index (χ4v) is 1.61. The van der Waals surface area contributed by atoms with Crippen molar-refractivity contribution in [2.75, 3.05) is 7.05 Å². The van der Waals surface area contributed by atoms with E-state index in [1.807, 2.05) is 4.72 Å². The van der Waals surface area contributed by atoms with Crippen molar-refractivity contribution in [1.29, 1.82) is 0 Å². The molecule has 0 aromatic heterocycles. The summed E-state index contributed by atoms with van der Waals surface area (Å²) in [7, 11) is 2.88. The van der Waals surface area contributed by atoms with Gasteiger partial charge in [-0.05, 0) is 13.5 Å². The maximum absolute atomic E-state index is 11.2. The Morgan fingerprint density at radius 1 is 1.67 bits per heavy atom. The largest absolute Gasteiger partial charge is 0.326 e. The van der Waals surface area contributed by atoms with E-state index >= 15 is 0 Å². The maximum atomic E-state index is 11.2. The SMILES string of the molecule is [B]C(N)(C(N)CC)S(=O)(=O)NC. The zero-order valence-corrected chi connectivity index (χ0v) is 8.06. The van der Waals surface area contributed by atoms with Crippen molar-refractivity contribution in [3.8, 4) is 0 Å². The predicted octanol–water partition coefficient (Wildman–Crippen LogP) is -1.95. The van der Waals surface area contributed by atoms with Crippen molar-refractivity contribution < 1.29 is 8.42 Å². The second-order valence-corrected chi connectivity index (χ2v) is 4.70. The van der Waals surface area contributed by atoms with E-state index in [2.05, 4.69) is 0 Å². The van der Waals surface area contributed by atoms with Crippen molar-refractivity contribution in [3.63, 3.8) is 0 Å². The Bertz CT molecular complexity index is 239. The third-order valence-electron chi connectivity index (χ3n) is 1.75. The molecule has 0 fully saturated rings. The second kappa shape index (κ2) is 3.74. The molecule has 2 radical (unpaired) electrons. The van der Waals surface area contributed by atoms with Gasteiger partial charge in [-0.2, -0.15) is 0 Å². The van der Waals surface area contributed by atoms with Crippen molar-refractivity contribution in [3.05, 3.63) is 0 Å². The van der Waals surface area contributed by atoms with Crippen LogP contribution >= 0.6 is 0 Å². The minimum atomic E-state index is -3.73. The van der Waals surface area contributed by atoms with Gasteiger partial charge in [-0.3, -0.25) is 0 Å². The quantitative estimate of drug-likeness (QED) is 0.450. The molecule has 70 valence electrons. The monoisotopic (exact) mass is 191 g/mol. The van der Waals surface area contributed by atoms with Crippen LogP contribution in [0.1, 0.15) is 13.3 Å². The smallest absolute Gasteiger partial charge is 0.222 e. The third-order valence-corrected chi connectivity index (χ3v) is 3.52. The van der Waals surface area contributed by atoms with Gasteiger partial charge in [-0.15, -0.1) is 0 Å². The highest BCUT2D eigenvalue weighted by Crippen LogP contribution is 2.10. The number of sulfonamides is 1. The Balaban J connectivity index is 4.85. The molecule has 0 heterocycles. The van der Waals surface area contributed by atoms with Crippen molar-refractivity contribution in [2.45, 2.75) is 24.2 Å². The Kier molecular flexibility index (Phi) is 3.70. The summed E-state index contributed by atoms with van der Waals surface area (Å²) >= 11 is 0. The first kappa shape index (κ1) is 11.9. The molecule has 0 spiro atoms. The Morgan fingerprint density at radius 3 is 2.33 bits per heavy atom. The lowest BCUT2D eigenvalue weighted by Gasteiger charge is -2.30. The van der Waals surface area contributed by atoms with Crippen LogP contribution in [-0.2, 0) is 10.0 Å². The van der Waals surface area contributed by atoms with Crippen LogP contribution in [0.25, 0.3) is 0 Å². The van der Waals surface area contributed by atoms with Gasteiger partial charge in [0.1, 0.15) is 12.6 Å². The van der Waals surface area contributed by atoms with Crippen molar-refractivity contribution in [2.24, 2.45) is 11.5 Å². The highest BCUT2D eigenvalue weighted by atomic mass is 32.2. The van der Waals surface area contributed by atoms with E-state index in [9.17, 15) is 8.42 Å². The first-order valence-corrected chi connectivity index (χ1v) is 5.04. The van der Waals surface area contributed by atoms with Gasteiger partial charge in [0.15, 0.2) is 0 Å². The number of nitrogens with one attached hydrogen (secondary N) is 1. The molecule has 0 rings (SSSR count). The van der Waals surface area contributed by atoms with E-state index in [0.29, 0.717) is 6.42 Å². The van der Waals surface area contributed by atoms with Gasteiger partial charge in [-0.1, -0.05) is 6.92 Å². The lowest BCUT2D eigenvalue weighted by molar-refractivity contribution is 0.512. The molecular formula is C5H14BN3O2S.